The zero-order valence-corrected chi connectivity index (χ0v) is 10.8. The van der Waals surface area contributed by atoms with Crippen LogP contribution in [-0.2, 0) is 6.54 Å². The van der Waals surface area contributed by atoms with Crippen LogP contribution in [0.5, 0.6) is 0 Å². The third-order valence-corrected chi connectivity index (χ3v) is 3.69. The van der Waals surface area contributed by atoms with E-state index in [0.29, 0.717) is 6.04 Å². The van der Waals surface area contributed by atoms with Crippen molar-refractivity contribution in [3.63, 3.8) is 0 Å². The second-order valence-electron chi connectivity index (χ2n) is 5.25. The molecule has 1 radical (unpaired) electrons. The van der Waals surface area contributed by atoms with Crippen LogP contribution in [0.25, 0.3) is 0 Å². The second kappa shape index (κ2) is 6.75. The Labute approximate surface area is 105 Å². The molecule has 1 unspecified atom stereocenters. The molecule has 0 spiro atoms. The zero-order chi connectivity index (χ0) is 11.9. The van der Waals surface area contributed by atoms with Gasteiger partial charge in [0.2, 0.25) is 0 Å². The molecule has 1 aliphatic rings. The molecular weight excluding hydrogens is 208 g/mol. The molecule has 1 fully saturated rings. The normalized spacial score (nSPS) is 19.1. The van der Waals surface area contributed by atoms with Crippen LogP contribution in [0, 0.1) is 12.0 Å². The predicted octanol–water partition coefficient (Wildman–Crippen LogP) is 3.33. The van der Waals surface area contributed by atoms with Crippen LogP contribution >= 0.6 is 0 Å². The minimum absolute atomic E-state index is 0.591. The molecule has 0 saturated heterocycles. The maximum Gasteiger partial charge on any atom is 0.0620 e. The van der Waals surface area contributed by atoms with E-state index in [1.54, 1.807) is 0 Å². The van der Waals surface area contributed by atoms with Gasteiger partial charge in [-0.05, 0) is 25.3 Å². The Kier molecular flexibility index (Phi) is 4.99. The predicted molar refractivity (Wildman–Crippen MR) is 70.6 cm³/mol. The number of hydrogen-bond donors (Lipinski definition) is 1. The summed E-state index contributed by atoms with van der Waals surface area (Å²) in [6.07, 6.45) is 10.3. The van der Waals surface area contributed by atoms with Gasteiger partial charge >= 0.3 is 0 Å². The molecule has 1 aromatic rings. The van der Waals surface area contributed by atoms with E-state index in [2.05, 4.69) is 23.3 Å². The lowest BCUT2D eigenvalue weighted by molar-refractivity contribution is 0.304. The average molecular weight is 231 g/mol. The Morgan fingerprint density at radius 3 is 2.94 bits per heavy atom. The highest BCUT2D eigenvalue weighted by Gasteiger charge is 2.16. The number of rotatable bonds is 5. The fourth-order valence-corrected chi connectivity index (χ4v) is 2.73. The lowest BCUT2D eigenvalue weighted by Crippen LogP contribution is -2.28. The first-order valence-corrected chi connectivity index (χ1v) is 6.89. The van der Waals surface area contributed by atoms with Crippen LogP contribution in [-0.4, -0.2) is 11.0 Å². The molecule has 1 aliphatic carbocycles. The minimum atomic E-state index is 0.591. The molecule has 1 N–H and O–H groups in total. The Morgan fingerprint density at radius 2 is 2.24 bits per heavy atom. The summed E-state index contributed by atoms with van der Waals surface area (Å²) in [6.45, 7) is 3.13. The molecule has 0 aliphatic heterocycles. The zero-order valence-electron chi connectivity index (χ0n) is 10.8. The maximum absolute atomic E-state index is 4.28. The average Bonchev–Trinajstić information content (AvgIpc) is 2.39. The van der Waals surface area contributed by atoms with Gasteiger partial charge in [-0.1, -0.05) is 38.2 Å². The molecule has 17 heavy (non-hydrogen) atoms. The van der Waals surface area contributed by atoms with Gasteiger partial charge in [-0.15, -0.1) is 0 Å². The van der Waals surface area contributed by atoms with E-state index in [9.17, 15) is 0 Å². The van der Waals surface area contributed by atoms with E-state index in [1.807, 2.05) is 18.3 Å². The molecule has 2 rings (SSSR count). The molecule has 0 amide bonds. The van der Waals surface area contributed by atoms with Crippen molar-refractivity contribution >= 4 is 0 Å². The summed E-state index contributed by atoms with van der Waals surface area (Å²) in [7, 11) is 0. The van der Waals surface area contributed by atoms with E-state index >= 15 is 0 Å². The molecular formula is C15H23N2. The van der Waals surface area contributed by atoms with Crippen molar-refractivity contribution < 1.29 is 0 Å². The summed E-state index contributed by atoms with van der Waals surface area (Å²) in [6, 6.07) is 7.58. The number of pyridine rings is 1. The number of aromatic nitrogens is 1. The van der Waals surface area contributed by atoms with Gasteiger partial charge in [-0.3, -0.25) is 4.98 Å². The standard InChI is InChI=1S/C15H23N2/c1-13(11-14-7-3-2-4-8-14)17-12-15-9-5-6-10-16-15/h5-6,10,13-14,17H,2-4,7-8,11-12H2,1H3. The lowest BCUT2D eigenvalue weighted by Gasteiger charge is -2.25. The molecule has 0 aromatic carbocycles. The van der Waals surface area contributed by atoms with Crippen molar-refractivity contribution in [3.8, 4) is 0 Å². The van der Waals surface area contributed by atoms with Gasteiger partial charge in [0.25, 0.3) is 0 Å². The Balaban J connectivity index is 1.68. The van der Waals surface area contributed by atoms with Crippen LogP contribution < -0.4 is 5.32 Å². The lowest BCUT2D eigenvalue weighted by atomic mass is 9.85. The topological polar surface area (TPSA) is 24.9 Å². The monoisotopic (exact) mass is 231 g/mol. The van der Waals surface area contributed by atoms with Crippen LogP contribution in [0.15, 0.2) is 18.3 Å². The van der Waals surface area contributed by atoms with Crippen LogP contribution in [0.4, 0.5) is 0 Å². The van der Waals surface area contributed by atoms with Crippen molar-refractivity contribution in [1.82, 2.24) is 10.3 Å². The summed E-state index contributed by atoms with van der Waals surface area (Å²) in [4.78, 5) is 4.28. The summed E-state index contributed by atoms with van der Waals surface area (Å²) >= 11 is 0. The molecule has 0 bridgehead atoms. The SMILES string of the molecule is CC(CC1CCCCC1)NCc1[c]cccn1. The molecule has 2 heteroatoms. The van der Waals surface area contributed by atoms with Crippen LogP contribution in [0.3, 0.4) is 0 Å². The Hall–Kier alpha value is -0.890. The Bertz CT molecular complexity index is 304. The molecule has 2 nitrogen and oxygen atoms in total. The number of nitrogens with zero attached hydrogens (tertiary/aromatic N) is 1. The van der Waals surface area contributed by atoms with Gasteiger partial charge in [-0.2, -0.15) is 0 Å². The van der Waals surface area contributed by atoms with E-state index in [-0.39, 0.29) is 0 Å². The molecule has 93 valence electrons. The van der Waals surface area contributed by atoms with Crippen molar-refractivity contribution in [1.29, 1.82) is 0 Å². The van der Waals surface area contributed by atoms with Crippen molar-refractivity contribution in [2.24, 2.45) is 5.92 Å². The highest BCUT2D eigenvalue weighted by Crippen LogP contribution is 2.27. The van der Waals surface area contributed by atoms with Gasteiger partial charge in [0, 0.05) is 24.8 Å². The first kappa shape index (κ1) is 12.6. The van der Waals surface area contributed by atoms with Gasteiger partial charge in [-0.25, -0.2) is 0 Å². The van der Waals surface area contributed by atoms with Crippen molar-refractivity contribution in [2.45, 2.75) is 58.0 Å². The first-order chi connectivity index (χ1) is 8.34. The minimum Gasteiger partial charge on any atom is -0.309 e. The quantitative estimate of drug-likeness (QED) is 0.840. The largest absolute Gasteiger partial charge is 0.309 e. The maximum atomic E-state index is 4.28. The fraction of sp³-hybridized carbons (Fsp3) is 0.667. The van der Waals surface area contributed by atoms with Gasteiger partial charge in [0.05, 0.1) is 5.69 Å². The summed E-state index contributed by atoms with van der Waals surface area (Å²) in [5, 5.41) is 3.55. The van der Waals surface area contributed by atoms with Crippen molar-refractivity contribution in [3.05, 3.63) is 30.1 Å². The van der Waals surface area contributed by atoms with E-state index in [4.69, 9.17) is 0 Å². The van der Waals surface area contributed by atoms with Crippen molar-refractivity contribution in [2.75, 3.05) is 0 Å². The van der Waals surface area contributed by atoms with Crippen LogP contribution in [0.2, 0.25) is 0 Å². The fourth-order valence-electron chi connectivity index (χ4n) is 2.73. The van der Waals surface area contributed by atoms with Gasteiger partial charge < -0.3 is 5.32 Å². The Morgan fingerprint density at radius 1 is 1.41 bits per heavy atom. The highest BCUT2D eigenvalue weighted by atomic mass is 14.9. The van der Waals surface area contributed by atoms with Gasteiger partial charge in [0.1, 0.15) is 0 Å². The molecule has 1 saturated carbocycles. The van der Waals surface area contributed by atoms with E-state index in [0.717, 1.165) is 18.2 Å². The summed E-state index contributed by atoms with van der Waals surface area (Å²) < 4.78 is 0. The van der Waals surface area contributed by atoms with Gasteiger partial charge in [0.15, 0.2) is 0 Å². The number of hydrogen-bond acceptors (Lipinski definition) is 2. The third kappa shape index (κ3) is 4.47. The van der Waals surface area contributed by atoms with E-state index in [1.165, 1.54) is 38.5 Å². The van der Waals surface area contributed by atoms with Crippen LogP contribution in [0.1, 0.15) is 51.1 Å². The highest BCUT2D eigenvalue weighted by molar-refractivity contribution is 5.00. The molecule has 1 atom stereocenters. The molecule has 1 heterocycles. The molecule has 1 aromatic heterocycles. The smallest absolute Gasteiger partial charge is 0.0620 e. The number of nitrogens with one attached hydrogen (secondary N) is 1. The second-order valence-corrected chi connectivity index (χ2v) is 5.25. The van der Waals surface area contributed by atoms with E-state index < -0.39 is 0 Å². The first-order valence-electron chi connectivity index (χ1n) is 6.89. The summed E-state index contributed by atoms with van der Waals surface area (Å²) in [5.74, 6) is 0.943. The third-order valence-electron chi connectivity index (χ3n) is 3.69. The summed E-state index contributed by atoms with van der Waals surface area (Å²) in [5.41, 5.74) is 1.02.